The summed E-state index contributed by atoms with van der Waals surface area (Å²) in [5.74, 6) is 0.232. The first-order valence-corrected chi connectivity index (χ1v) is 8.51. The summed E-state index contributed by atoms with van der Waals surface area (Å²) in [5, 5.41) is 0.654. The van der Waals surface area contributed by atoms with Crippen LogP contribution in [0.3, 0.4) is 0 Å². The summed E-state index contributed by atoms with van der Waals surface area (Å²) < 4.78 is 5.74. The van der Waals surface area contributed by atoms with E-state index in [0.29, 0.717) is 27.8 Å². The van der Waals surface area contributed by atoms with E-state index in [0.717, 1.165) is 4.90 Å². The standard InChI is InChI=1S/C20H11Cl2NO3/c21-12-6-9-18(17(22)10-12)23-19(24)15-8-7-14(11-16(15)20(23)25)26-13-4-2-1-3-5-13/h1-11H. The third-order valence-electron chi connectivity index (χ3n) is 3.99. The minimum Gasteiger partial charge on any atom is -0.457 e. The third-order valence-corrected chi connectivity index (χ3v) is 4.53. The van der Waals surface area contributed by atoms with Gasteiger partial charge >= 0.3 is 0 Å². The molecule has 3 aromatic rings. The van der Waals surface area contributed by atoms with Crippen LogP contribution in [0.5, 0.6) is 11.5 Å². The van der Waals surface area contributed by atoms with Crippen molar-refractivity contribution >= 4 is 40.7 Å². The minimum atomic E-state index is -0.451. The Labute approximate surface area is 159 Å². The highest BCUT2D eigenvalue weighted by Gasteiger charge is 2.38. The number of rotatable bonds is 3. The van der Waals surface area contributed by atoms with Crippen molar-refractivity contribution in [2.45, 2.75) is 0 Å². The van der Waals surface area contributed by atoms with Crippen molar-refractivity contribution in [3.63, 3.8) is 0 Å². The van der Waals surface area contributed by atoms with Gasteiger partial charge in [0, 0.05) is 5.02 Å². The lowest BCUT2D eigenvalue weighted by Gasteiger charge is -2.15. The zero-order valence-corrected chi connectivity index (χ0v) is 14.8. The highest BCUT2D eigenvalue weighted by molar-refractivity contribution is 6.41. The molecular weight excluding hydrogens is 373 g/mol. The molecule has 4 nitrogen and oxygen atoms in total. The van der Waals surface area contributed by atoms with Gasteiger partial charge in [-0.05, 0) is 48.5 Å². The van der Waals surface area contributed by atoms with E-state index in [1.165, 1.54) is 6.07 Å². The fourth-order valence-electron chi connectivity index (χ4n) is 2.79. The first-order valence-electron chi connectivity index (χ1n) is 7.75. The van der Waals surface area contributed by atoms with Crippen LogP contribution in [0.2, 0.25) is 10.0 Å². The Balaban J connectivity index is 1.70. The van der Waals surface area contributed by atoms with Gasteiger partial charge in [0.05, 0.1) is 21.8 Å². The number of para-hydroxylation sites is 1. The monoisotopic (exact) mass is 383 g/mol. The van der Waals surface area contributed by atoms with E-state index in [4.69, 9.17) is 27.9 Å². The lowest BCUT2D eigenvalue weighted by molar-refractivity contribution is 0.0926. The summed E-state index contributed by atoms with van der Waals surface area (Å²) in [6, 6.07) is 18.6. The molecule has 0 aliphatic carbocycles. The lowest BCUT2D eigenvalue weighted by Crippen LogP contribution is -2.29. The number of ether oxygens (including phenoxy) is 1. The first kappa shape index (κ1) is 16.6. The molecule has 0 saturated carbocycles. The van der Waals surface area contributed by atoms with Crippen molar-refractivity contribution in [3.05, 3.63) is 87.9 Å². The number of anilines is 1. The number of hydrogen-bond donors (Lipinski definition) is 0. The van der Waals surface area contributed by atoms with Crippen LogP contribution >= 0.6 is 23.2 Å². The van der Waals surface area contributed by atoms with Gasteiger partial charge in [0.15, 0.2) is 0 Å². The molecule has 0 spiro atoms. The summed E-state index contributed by atoms with van der Waals surface area (Å²) in [6.45, 7) is 0. The van der Waals surface area contributed by atoms with Crippen LogP contribution in [-0.4, -0.2) is 11.8 Å². The molecule has 2 amide bonds. The summed E-state index contributed by atoms with van der Waals surface area (Å²) in [7, 11) is 0. The fourth-order valence-corrected chi connectivity index (χ4v) is 3.28. The second-order valence-electron chi connectivity index (χ2n) is 5.66. The Morgan fingerprint density at radius 1 is 0.731 bits per heavy atom. The molecule has 3 aromatic carbocycles. The van der Waals surface area contributed by atoms with Crippen molar-refractivity contribution in [2.75, 3.05) is 4.90 Å². The van der Waals surface area contributed by atoms with Crippen LogP contribution < -0.4 is 9.64 Å². The van der Waals surface area contributed by atoms with Gasteiger partial charge in [0.2, 0.25) is 0 Å². The van der Waals surface area contributed by atoms with Crippen LogP contribution in [0, 0.1) is 0 Å². The van der Waals surface area contributed by atoms with Crippen LogP contribution in [0.15, 0.2) is 66.7 Å². The van der Waals surface area contributed by atoms with E-state index in [1.54, 1.807) is 42.5 Å². The van der Waals surface area contributed by atoms with Gasteiger partial charge in [0.25, 0.3) is 11.8 Å². The Morgan fingerprint density at radius 3 is 2.19 bits per heavy atom. The molecule has 0 unspecified atom stereocenters. The van der Waals surface area contributed by atoms with Crippen molar-refractivity contribution in [3.8, 4) is 11.5 Å². The maximum atomic E-state index is 12.8. The summed E-state index contributed by atoms with van der Waals surface area (Å²) >= 11 is 12.1. The maximum Gasteiger partial charge on any atom is 0.266 e. The summed E-state index contributed by atoms with van der Waals surface area (Å²) in [5.41, 5.74) is 0.878. The molecule has 6 heteroatoms. The van der Waals surface area contributed by atoms with E-state index in [1.807, 2.05) is 18.2 Å². The number of halogens is 2. The number of hydrogen-bond acceptors (Lipinski definition) is 3. The van der Waals surface area contributed by atoms with Crippen molar-refractivity contribution in [1.82, 2.24) is 0 Å². The van der Waals surface area contributed by atoms with Crippen molar-refractivity contribution in [1.29, 1.82) is 0 Å². The molecule has 128 valence electrons. The molecule has 1 heterocycles. The number of fused-ring (bicyclic) bond motifs is 1. The van der Waals surface area contributed by atoms with Gasteiger partial charge in [-0.3, -0.25) is 9.59 Å². The molecule has 0 saturated heterocycles. The van der Waals surface area contributed by atoms with Gasteiger partial charge < -0.3 is 4.74 Å². The van der Waals surface area contributed by atoms with Crippen LogP contribution in [-0.2, 0) is 0 Å². The molecule has 0 atom stereocenters. The van der Waals surface area contributed by atoms with Crippen LogP contribution in [0.25, 0.3) is 0 Å². The van der Waals surface area contributed by atoms with Crippen LogP contribution in [0.1, 0.15) is 20.7 Å². The maximum absolute atomic E-state index is 12.8. The Hall–Kier alpha value is -2.82. The molecule has 0 fully saturated rings. The molecular formula is C20H11Cl2NO3. The zero-order chi connectivity index (χ0) is 18.3. The number of amides is 2. The second-order valence-corrected chi connectivity index (χ2v) is 6.51. The van der Waals surface area contributed by atoms with Crippen molar-refractivity contribution < 1.29 is 14.3 Å². The average molecular weight is 384 g/mol. The van der Waals surface area contributed by atoms with E-state index in [9.17, 15) is 9.59 Å². The largest absolute Gasteiger partial charge is 0.457 e. The Morgan fingerprint density at radius 2 is 1.46 bits per heavy atom. The normalized spacial score (nSPS) is 13.1. The van der Waals surface area contributed by atoms with Gasteiger partial charge in [-0.2, -0.15) is 0 Å². The fraction of sp³-hybridized carbons (Fsp3) is 0. The van der Waals surface area contributed by atoms with E-state index in [2.05, 4.69) is 0 Å². The summed E-state index contributed by atoms with van der Waals surface area (Å²) in [6.07, 6.45) is 0. The molecule has 0 bridgehead atoms. The highest BCUT2D eigenvalue weighted by Crippen LogP contribution is 2.36. The average Bonchev–Trinajstić information content (AvgIpc) is 2.87. The van der Waals surface area contributed by atoms with Crippen molar-refractivity contribution in [2.24, 2.45) is 0 Å². The quantitative estimate of drug-likeness (QED) is 0.554. The molecule has 0 radical (unpaired) electrons. The third kappa shape index (κ3) is 2.83. The lowest BCUT2D eigenvalue weighted by atomic mass is 10.1. The van der Waals surface area contributed by atoms with Gasteiger partial charge in [-0.25, -0.2) is 4.90 Å². The number of carbonyl (C=O) groups excluding carboxylic acids is 2. The predicted molar refractivity (Wildman–Crippen MR) is 101 cm³/mol. The topological polar surface area (TPSA) is 46.6 Å². The number of imide groups is 1. The second kappa shape index (κ2) is 6.48. The van der Waals surface area contributed by atoms with E-state index in [-0.39, 0.29) is 10.6 Å². The smallest absolute Gasteiger partial charge is 0.266 e. The van der Waals surface area contributed by atoms with Crippen LogP contribution in [0.4, 0.5) is 5.69 Å². The predicted octanol–water partition coefficient (Wildman–Crippen LogP) is 5.59. The molecule has 1 aliphatic rings. The van der Waals surface area contributed by atoms with Gasteiger partial charge in [0.1, 0.15) is 11.5 Å². The molecule has 1 aliphatic heterocycles. The Bertz CT molecular complexity index is 1030. The minimum absolute atomic E-state index is 0.229. The highest BCUT2D eigenvalue weighted by atomic mass is 35.5. The SMILES string of the molecule is O=C1c2ccc(Oc3ccccc3)cc2C(=O)N1c1ccc(Cl)cc1Cl. The number of benzene rings is 3. The van der Waals surface area contributed by atoms with Gasteiger partial charge in [-0.15, -0.1) is 0 Å². The number of carbonyl (C=O) groups is 2. The summed E-state index contributed by atoms with van der Waals surface area (Å²) in [4.78, 5) is 26.5. The Kier molecular flexibility index (Phi) is 4.15. The molecule has 26 heavy (non-hydrogen) atoms. The molecule has 0 N–H and O–H groups in total. The zero-order valence-electron chi connectivity index (χ0n) is 13.3. The van der Waals surface area contributed by atoms with Gasteiger partial charge in [-0.1, -0.05) is 41.4 Å². The first-order chi connectivity index (χ1) is 12.5. The van der Waals surface area contributed by atoms with E-state index < -0.39 is 11.8 Å². The number of nitrogens with zero attached hydrogens (tertiary/aromatic N) is 1. The van der Waals surface area contributed by atoms with E-state index >= 15 is 0 Å². The molecule has 4 rings (SSSR count). The molecule has 0 aromatic heterocycles.